The predicted molar refractivity (Wildman–Crippen MR) is 108 cm³/mol. The molecule has 0 bridgehead atoms. The molecule has 0 radical (unpaired) electrons. The second-order valence-corrected chi connectivity index (χ2v) is 7.53. The van der Waals surface area contributed by atoms with E-state index in [9.17, 15) is 4.79 Å². The number of nitrogens with zero attached hydrogens (tertiary/aromatic N) is 4. The van der Waals surface area contributed by atoms with Gasteiger partial charge in [-0.25, -0.2) is 14.8 Å². The molecule has 0 spiro atoms. The number of aryl methyl sites for hydroxylation is 1. The third-order valence-electron chi connectivity index (χ3n) is 5.68. The molecule has 1 aliphatic carbocycles. The van der Waals surface area contributed by atoms with Crippen LogP contribution < -0.4 is 15.0 Å². The zero-order valence-electron chi connectivity index (χ0n) is 16.5. The number of hydrogen-bond acceptors (Lipinski definition) is 5. The lowest BCUT2D eigenvalue weighted by Gasteiger charge is -2.40. The number of carbonyl (C=O) groups excluding carboxylic acids is 1. The van der Waals surface area contributed by atoms with E-state index in [0.717, 1.165) is 43.3 Å². The van der Waals surface area contributed by atoms with Gasteiger partial charge in [-0.1, -0.05) is 12.1 Å². The Bertz CT molecular complexity index is 829. The Kier molecular flexibility index (Phi) is 5.32. The largest absolute Gasteiger partial charge is 0.497 e. The molecule has 1 saturated heterocycles. The summed E-state index contributed by atoms with van der Waals surface area (Å²) in [6, 6.07) is 10.5. The number of rotatable bonds is 4. The van der Waals surface area contributed by atoms with Crippen LogP contribution in [0.15, 0.2) is 36.5 Å². The molecule has 148 valence electrons. The molecule has 4 rings (SSSR count). The van der Waals surface area contributed by atoms with Gasteiger partial charge in [0.25, 0.3) is 0 Å². The van der Waals surface area contributed by atoms with E-state index >= 15 is 0 Å². The molecule has 2 aromatic rings. The number of nitrogens with one attached hydrogen (secondary N) is 1. The third kappa shape index (κ3) is 4.03. The van der Waals surface area contributed by atoms with Crippen LogP contribution in [0.1, 0.15) is 30.1 Å². The van der Waals surface area contributed by atoms with Crippen LogP contribution in [-0.4, -0.2) is 60.2 Å². The normalized spacial score (nSPS) is 21.8. The van der Waals surface area contributed by atoms with Crippen molar-refractivity contribution in [1.82, 2.24) is 20.2 Å². The highest BCUT2D eigenvalue weighted by atomic mass is 16.5. The smallest absolute Gasteiger partial charge is 0.317 e. The van der Waals surface area contributed by atoms with Crippen molar-refractivity contribution in [2.75, 3.05) is 38.2 Å². The summed E-state index contributed by atoms with van der Waals surface area (Å²) in [7, 11) is 1.69. The monoisotopic (exact) mass is 381 g/mol. The number of methoxy groups -OCH3 is 1. The third-order valence-corrected chi connectivity index (χ3v) is 5.68. The first kappa shape index (κ1) is 18.5. The highest BCUT2D eigenvalue weighted by Crippen LogP contribution is 2.38. The minimum atomic E-state index is 0.0487. The Labute approximate surface area is 165 Å². The Morgan fingerprint density at radius 2 is 1.96 bits per heavy atom. The maximum Gasteiger partial charge on any atom is 0.317 e. The van der Waals surface area contributed by atoms with E-state index in [2.05, 4.69) is 32.3 Å². The van der Waals surface area contributed by atoms with Crippen LogP contribution in [0.25, 0.3) is 0 Å². The average Bonchev–Trinajstić information content (AvgIpc) is 2.70. The summed E-state index contributed by atoms with van der Waals surface area (Å²) in [5, 5.41) is 3.19. The van der Waals surface area contributed by atoms with Crippen LogP contribution in [0.5, 0.6) is 5.75 Å². The average molecular weight is 381 g/mol. The fourth-order valence-corrected chi connectivity index (χ4v) is 3.93. The van der Waals surface area contributed by atoms with Crippen LogP contribution in [0.4, 0.5) is 10.6 Å². The Balaban J connectivity index is 1.23. The maximum atomic E-state index is 12.6. The van der Waals surface area contributed by atoms with Crippen molar-refractivity contribution in [2.24, 2.45) is 0 Å². The zero-order valence-corrected chi connectivity index (χ0v) is 16.5. The fourth-order valence-electron chi connectivity index (χ4n) is 3.93. The SMILES string of the molecule is COc1cccc(C2CC(NC(=O)N3CCN(c4ccnc(C)n4)CC3)C2)c1. The van der Waals surface area contributed by atoms with Crippen molar-refractivity contribution >= 4 is 11.8 Å². The summed E-state index contributed by atoms with van der Waals surface area (Å²) in [5.74, 6) is 3.10. The molecule has 2 amide bonds. The van der Waals surface area contributed by atoms with Gasteiger partial charge in [-0.3, -0.25) is 0 Å². The number of anilines is 1. The molecule has 1 saturated carbocycles. The molecule has 0 atom stereocenters. The summed E-state index contributed by atoms with van der Waals surface area (Å²) in [4.78, 5) is 25.3. The summed E-state index contributed by atoms with van der Waals surface area (Å²) in [6.45, 7) is 4.90. The number of carbonyl (C=O) groups is 1. The van der Waals surface area contributed by atoms with Crippen molar-refractivity contribution in [3.05, 3.63) is 47.9 Å². The lowest BCUT2D eigenvalue weighted by Crippen LogP contribution is -2.55. The fraction of sp³-hybridized carbons (Fsp3) is 0.476. The summed E-state index contributed by atoms with van der Waals surface area (Å²) in [5.41, 5.74) is 1.29. The Morgan fingerprint density at radius 1 is 1.18 bits per heavy atom. The number of aromatic nitrogens is 2. The first-order valence-electron chi connectivity index (χ1n) is 9.86. The molecule has 1 aliphatic heterocycles. The van der Waals surface area contributed by atoms with Crippen molar-refractivity contribution in [3.63, 3.8) is 0 Å². The molecule has 1 aromatic heterocycles. The van der Waals surface area contributed by atoms with Crippen molar-refractivity contribution in [1.29, 1.82) is 0 Å². The minimum absolute atomic E-state index is 0.0487. The van der Waals surface area contributed by atoms with Gasteiger partial charge in [0.05, 0.1) is 7.11 Å². The highest BCUT2D eigenvalue weighted by Gasteiger charge is 2.33. The predicted octanol–water partition coefficient (Wildman–Crippen LogP) is 2.57. The van der Waals surface area contributed by atoms with Gasteiger partial charge in [-0.15, -0.1) is 0 Å². The van der Waals surface area contributed by atoms with Gasteiger partial charge in [-0.05, 0) is 49.4 Å². The van der Waals surface area contributed by atoms with Crippen LogP contribution in [0.2, 0.25) is 0 Å². The molecule has 0 unspecified atom stereocenters. The number of amides is 2. The van der Waals surface area contributed by atoms with Crippen LogP contribution in [0.3, 0.4) is 0 Å². The second kappa shape index (κ2) is 8.04. The highest BCUT2D eigenvalue weighted by molar-refractivity contribution is 5.75. The van der Waals surface area contributed by atoms with Gasteiger partial charge in [0, 0.05) is 38.4 Å². The van der Waals surface area contributed by atoms with Gasteiger partial charge >= 0.3 is 6.03 Å². The van der Waals surface area contributed by atoms with E-state index < -0.39 is 0 Å². The molecule has 1 N–H and O–H groups in total. The Hall–Kier alpha value is -2.83. The summed E-state index contributed by atoms with van der Waals surface area (Å²) >= 11 is 0. The van der Waals surface area contributed by atoms with E-state index in [1.165, 1.54) is 5.56 Å². The second-order valence-electron chi connectivity index (χ2n) is 7.53. The summed E-state index contributed by atoms with van der Waals surface area (Å²) < 4.78 is 5.30. The molecule has 7 nitrogen and oxygen atoms in total. The molecular weight excluding hydrogens is 354 g/mol. The maximum absolute atomic E-state index is 12.6. The molecule has 2 aliphatic rings. The summed E-state index contributed by atoms with van der Waals surface area (Å²) in [6.07, 6.45) is 3.75. The van der Waals surface area contributed by atoms with Gasteiger partial charge in [0.2, 0.25) is 0 Å². The van der Waals surface area contributed by atoms with Crippen molar-refractivity contribution < 1.29 is 9.53 Å². The number of urea groups is 1. The quantitative estimate of drug-likeness (QED) is 0.881. The van der Waals surface area contributed by atoms with E-state index in [1.54, 1.807) is 13.3 Å². The van der Waals surface area contributed by atoms with Crippen LogP contribution in [0, 0.1) is 6.92 Å². The first-order valence-corrected chi connectivity index (χ1v) is 9.86. The van der Waals surface area contributed by atoms with E-state index in [0.29, 0.717) is 19.0 Å². The lowest BCUT2D eigenvalue weighted by molar-refractivity contribution is 0.179. The number of ether oxygens (including phenoxy) is 1. The van der Waals surface area contributed by atoms with Crippen LogP contribution in [-0.2, 0) is 0 Å². The molecule has 2 fully saturated rings. The number of piperazine rings is 1. The molecule has 28 heavy (non-hydrogen) atoms. The van der Waals surface area contributed by atoms with Crippen LogP contribution >= 0.6 is 0 Å². The minimum Gasteiger partial charge on any atom is -0.497 e. The standard InChI is InChI=1S/C21H27N5O2/c1-15-22-7-6-20(23-15)25-8-10-26(11-9-25)21(27)24-18-12-17(13-18)16-4-3-5-19(14-16)28-2/h3-7,14,17-18H,8-13H2,1-2H3,(H,24,27). The molecule has 7 heteroatoms. The zero-order chi connectivity index (χ0) is 19.5. The van der Waals surface area contributed by atoms with Crippen molar-refractivity contribution in [3.8, 4) is 5.75 Å². The van der Waals surface area contributed by atoms with Gasteiger partial charge in [-0.2, -0.15) is 0 Å². The van der Waals surface area contributed by atoms with E-state index in [1.807, 2.05) is 30.0 Å². The van der Waals surface area contributed by atoms with Gasteiger partial charge in [0.1, 0.15) is 17.4 Å². The van der Waals surface area contributed by atoms with Gasteiger partial charge < -0.3 is 19.9 Å². The molecule has 1 aromatic carbocycles. The van der Waals surface area contributed by atoms with Crippen molar-refractivity contribution in [2.45, 2.75) is 31.7 Å². The van der Waals surface area contributed by atoms with E-state index in [-0.39, 0.29) is 12.1 Å². The topological polar surface area (TPSA) is 70.6 Å². The number of hydrogen-bond donors (Lipinski definition) is 1. The molecular formula is C21H27N5O2. The Morgan fingerprint density at radius 3 is 2.68 bits per heavy atom. The lowest BCUT2D eigenvalue weighted by atomic mass is 9.76. The number of benzene rings is 1. The first-order chi connectivity index (χ1) is 13.6. The van der Waals surface area contributed by atoms with E-state index in [4.69, 9.17) is 4.74 Å². The van der Waals surface area contributed by atoms with Gasteiger partial charge in [0.15, 0.2) is 0 Å². The molecule has 2 heterocycles.